The topological polar surface area (TPSA) is 69.4 Å². The Morgan fingerprint density at radius 2 is 1.89 bits per heavy atom. The summed E-state index contributed by atoms with van der Waals surface area (Å²) in [6.45, 7) is 5.94. The number of anilines is 1. The molecular weight excluding hydrogens is 250 g/mol. The van der Waals surface area contributed by atoms with E-state index in [0.29, 0.717) is 18.7 Å². The summed E-state index contributed by atoms with van der Waals surface area (Å²) in [5.41, 5.74) is 8.54. The van der Waals surface area contributed by atoms with Gasteiger partial charge in [-0.3, -0.25) is 0 Å². The lowest BCUT2D eigenvalue weighted by Crippen LogP contribution is -2.12. The van der Waals surface area contributed by atoms with E-state index in [-0.39, 0.29) is 11.5 Å². The minimum atomic E-state index is -2.90. The molecule has 0 bridgehead atoms. The molecule has 2 N–H and O–H groups in total. The Morgan fingerprint density at radius 3 is 2.50 bits per heavy atom. The van der Waals surface area contributed by atoms with E-state index >= 15 is 0 Å². The van der Waals surface area contributed by atoms with Gasteiger partial charge in [0.1, 0.15) is 15.6 Å². The maximum absolute atomic E-state index is 11.3. The zero-order valence-electron chi connectivity index (χ0n) is 11.2. The van der Waals surface area contributed by atoms with Crippen molar-refractivity contribution < 1.29 is 13.2 Å². The van der Waals surface area contributed by atoms with E-state index in [2.05, 4.69) is 0 Å². The van der Waals surface area contributed by atoms with Gasteiger partial charge in [-0.1, -0.05) is 13.0 Å². The lowest BCUT2D eigenvalue weighted by atomic mass is 10.1. The van der Waals surface area contributed by atoms with Gasteiger partial charge in [0.15, 0.2) is 0 Å². The van der Waals surface area contributed by atoms with E-state index in [1.54, 1.807) is 13.0 Å². The third kappa shape index (κ3) is 4.22. The van der Waals surface area contributed by atoms with E-state index in [1.807, 2.05) is 19.9 Å². The molecule has 0 saturated carbocycles. The number of aryl methyl sites for hydroxylation is 2. The zero-order valence-corrected chi connectivity index (χ0v) is 12.0. The molecule has 1 rings (SSSR count). The average molecular weight is 271 g/mol. The standard InChI is InChI=1S/C13H21NO3S/c1-4-18(15,16)7-5-6-17-13-9-12(14)10(2)8-11(13)3/h8-9H,4-7,14H2,1-3H3. The molecule has 1 aromatic rings. The van der Waals surface area contributed by atoms with Crippen LogP contribution < -0.4 is 10.5 Å². The predicted molar refractivity (Wildman–Crippen MR) is 74.8 cm³/mol. The number of ether oxygens (including phenoxy) is 1. The first-order valence-electron chi connectivity index (χ1n) is 6.05. The van der Waals surface area contributed by atoms with Crippen LogP contribution in [0.15, 0.2) is 12.1 Å². The molecule has 0 aliphatic carbocycles. The Kier molecular flexibility index (Phi) is 5.02. The molecule has 0 saturated heterocycles. The lowest BCUT2D eigenvalue weighted by Gasteiger charge is -2.11. The highest BCUT2D eigenvalue weighted by atomic mass is 32.2. The smallest absolute Gasteiger partial charge is 0.150 e. The SMILES string of the molecule is CCS(=O)(=O)CCCOc1cc(N)c(C)cc1C. The highest BCUT2D eigenvalue weighted by molar-refractivity contribution is 7.91. The minimum absolute atomic E-state index is 0.171. The highest BCUT2D eigenvalue weighted by Gasteiger charge is 2.08. The molecule has 18 heavy (non-hydrogen) atoms. The van der Waals surface area contributed by atoms with Gasteiger partial charge in [0.25, 0.3) is 0 Å². The zero-order chi connectivity index (χ0) is 13.8. The second-order valence-corrected chi connectivity index (χ2v) is 6.89. The molecule has 0 aromatic heterocycles. The van der Waals surface area contributed by atoms with E-state index in [9.17, 15) is 8.42 Å². The van der Waals surface area contributed by atoms with Crippen molar-refractivity contribution >= 4 is 15.5 Å². The van der Waals surface area contributed by atoms with Crippen LogP contribution in [0, 0.1) is 13.8 Å². The summed E-state index contributed by atoms with van der Waals surface area (Å²) >= 11 is 0. The maximum Gasteiger partial charge on any atom is 0.150 e. The monoisotopic (exact) mass is 271 g/mol. The van der Waals surface area contributed by atoms with Gasteiger partial charge < -0.3 is 10.5 Å². The van der Waals surface area contributed by atoms with E-state index < -0.39 is 9.84 Å². The Balaban J connectivity index is 2.52. The Bertz CT molecular complexity index is 509. The predicted octanol–water partition coefficient (Wildman–Crippen LogP) is 2.09. The van der Waals surface area contributed by atoms with Crippen LogP contribution in [0.2, 0.25) is 0 Å². The quantitative estimate of drug-likeness (QED) is 0.635. The Hall–Kier alpha value is -1.23. The fourth-order valence-electron chi connectivity index (χ4n) is 1.61. The van der Waals surface area contributed by atoms with E-state index in [4.69, 9.17) is 10.5 Å². The van der Waals surface area contributed by atoms with Crippen molar-refractivity contribution in [3.8, 4) is 5.75 Å². The van der Waals surface area contributed by atoms with Gasteiger partial charge >= 0.3 is 0 Å². The van der Waals surface area contributed by atoms with Gasteiger partial charge in [0.2, 0.25) is 0 Å². The van der Waals surface area contributed by atoms with Crippen LogP contribution in [0.3, 0.4) is 0 Å². The summed E-state index contributed by atoms with van der Waals surface area (Å²) in [6.07, 6.45) is 0.503. The average Bonchev–Trinajstić information content (AvgIpc) is 2.31. The molecule has 0 amide bonds. The molecule has 0 radical (unpaired) electrons. The van der Waals surface area contributed by atoms with Gasteiger partial charge in [-0.25, -0.2) is 8.42 Å². The van der Waals surface area contributed by atoms with Crippen molar-refractivity contribution in [1.29, 1.82) is 0 Å². The molecule has 0 atom stereocenters. The number of hydrogen-bond acceptors (Lipinski definition) is 4. The third-order valence-electron chi connectivity index (χ3n) is 2.86. The first kappa shape index (κ1) is 14.8. The van der Waals surface area contributed by atoms with Gasteiger partial charge in [-0.2, -0.15) is 0 Å². The normalized spacial score (nSPS) is 11.5. The summed E-state index contributed by atoms with van der Waals surface area (Å²) < 4.78 is 28.2. The number of benzene rings is 1. The van der Waals surface area contributed by atoms with Crippen molar-refractivity contribution in [2.24, 2.45) is 0 Å². The van der Waals surface area contributed by atoms with Crippen LogP contribution in [0.4, 0.5) is 5.69 Å². The molecule has 0 fully saturated rings. The number of sulfone groups is 1. The summed E-state index contributed by atoms with van der Waals surface area (Å²) in [5.74, 6) is 1.08. The molecule has 0 heterocycles. The molecule has 1 aromatic carbocycles. The number of rotatable bonds is 6. The summed E-state index contributed by atoms with van der Waals surface area (Å²) in [6, 6.07) is 3.76. The Morgan fingerprint density at radius 1 is 1.22 bits per heavy atom. The molecule has 102 valence electrons. The molecule has 0 spiro atoms. The van der Waals surface area contributed by atoms with Crippen molar-refractivity contribution in [2.45, 2.75) is 27.2 Å². The molecule has 5 heteroatoms. The second kappa shape index (κ2) is 6.09. The second-order valence-electron chi connectivity index (χ2n) is 4.41. The van der Waals surface area contributed by atoms with Gasteiger partial charge in [0, 0.05) is 17.5 Å². The van der Waals surface area contributed by atoms with Crippen LogP contribution in [0.1, 0.15) is 24.5 Å². The first-order valence-corrected chi connectivity index (χ1v) is 7.88. The number of nitrogens with two attached hydrogens (primary N) is 1. The van der Waals surface area contributed by atoms with Crippen molar-refractivity contribution in [1.82, 2.24) is 0 Å². The first-order chi connectivity index (χ1) is 8.35. The van der Waals surface area contributed by atoms with Crippen LogP contribution in [-0.2, 0) is 9.84 Å². The van der Waals surface area contributed by atoms with Crippen LogP contribution in [0.25, 0.3) is 0 Å². The highest BCUT2D eigenvalue weighted by Crippen LogP contribution is 2.24. The van der Waals surface area contributed by atoms with Crippen molar-refractivity contribution in [3.05, 3.63) is 23.3 Å². The van der Waals surface area contributed by atoms with E-state index in [1.165, 1.54) is 0 Å². The summed E-state index contributed by atoms with van der Waals surface area (Å²) in [5, 5.41) is 0. The van der Waals surface area contributed by atoms with Crippen LogP contribution in [-0.4, -0.2) is 26.5 Å². The van der Waals surface area contributed by atoms with Crippen LogP contribution >= 0.6 is 0 Å². The largest absolute Gasteiger partial charge is 0.493 e. The summed E-state index contributed by atoms with van der Waals surface area (Å²) in [4.78, 5) is 0. The van der Waals surface area contributed by atoms with Crippen LogP contribution in [0.5, 0.6) is 5.75 Å². The molecule has 0 aliphatic rings. The van der Waals surface area contributed by atoms with Gasteiger partial charge in [-0.15, -0.1) is 0 Å². The number of hydrogen-bond donors (Lipinski definition) is 1. The molecule has 0 unspecified atom stereocenters. The molecule has 0 aliphatic heterocycles. The lowest BCUT2D eigenvalue weighted by molar-refractivity contribution is 0.315. The van der Waals surface area contributed by atoms with Gasteiger partial charge in [0.05, 0.1) is 12.4 Å². The third-order valence-corrected chi connectivity index (χ3v) is 4.65. The van der Waals surface area contributed by atoms with Crippen molar-refractivity contribution in [3.63, 3.8) is 0 Å². The maximum atomic E-state index is 11.3. The minimum Gasteiger partial charge on any atom is -0.493 e. The fraction of sp³-hybridized carbons (Fsp3) is 0.538. The molecule has 4 nitrogen and oxygen atoms in total. The molecular formula is C13H21NO3S. The Labute approximate surface area is 109 Å². The van der Waals surface area contributed by atoms with Gasteiger partial charge in [-0.05, 0) is 31.4 Å². The summed E-state index contributed by atoms with van der Waals surface area (Å²) in [7, 11) is -2.90. The fourth-order valence-corrected chi connectivity index (χ4v) is 2.46. The van der Waals surface area contributed by atoms with E-state index in [0.717, 1.165) is 16.9 Å². The number of nitrogen functional groups attached to an aromatic ring is 1. The van der Waals surface area contributed by atoms with Crippen molar-refractivity contribution in [2.75, 3.05) is 23.8 Å².